The maximum absolute atomic E-state index is 12.0. The standard InChI is InChI=1S/C15H13N3O/c1-2-10-4-3-5-12(8-10)16-15(19)14-9-13(17-18-14)11-6-7-11/h1,3-5,8-9,11H,6-7H2,(H,16,19)(H,17,18). The van der Waals surface area contributed by atoms with Gasteiger partial charge in [-0.1, -0.05) is 12.0 Å². The zero-order chi connectivity index (χ0) is 13.2. The average Bonchev–Trinajstić information content (AvgIpc) is 3.16. The Bertz CT molecular complexity index is 662. The van der Waals surface area contributed by atoms with E-state index >= 15 is 0 Å². The minimum Gasteiger partial charge on any atom is -0.321 e. The van der Waals surface area contributed by atoms with E-state index in [4.69, 9.17) is 6.42 Å². The molecule has 4 nitrogen and oxygen atoms in total. The summed E-state index contributed by atoms with van der Waals surface area (Å²) in [5, 5.41) is 9.74. The van der Waals surface area contributed by atoms with Gasteiger partial charge in [-0.05, 0) is 37.1 Å². The summed E-state index contributed by atoms with van der Waals surface area (Å²) in [6, 6.07) is 9.00. The molecule has 1 fully saturated rings. The Balaban J connectivity index is 1.74. The normalized spacial score (nSPS) is 13.8. The molecule has 4 heteroatoms. The number of nitrogens with one attached hydrogen (secondary N) is 2. The van der Waals surface area contributed by atoms with E-state index in [1.807, 2.05) is 18.2 Å². The predicted octanol–water partition coefficient (Wildman–Crippen LogP) is 2.52. The van der Waals surface area contributed by atoms with Crippen LogP contribution in [0.2, 0.25) is 0 Å². The molecule has 1 aliphatic carbocycles. The number of H-pyrrole nitrogens is 1. The summed E-state index contributed by atoms with van der Waals surface area (Å²) in [6.45, 7) is 0. The lowest BCUT2D eigenvalue weighted by atomic mass is 10.2. The van der Waals surface area contributed by atoms with Crippen LogP contribution < -0.4 is 5.32 Å². The number of hydrogen-bond donors (Lipinski definition) is 2. The molecule has 19 heavy (non-hydrogen) atoms. The van der Waals surface area contributed by atoms with Gasteiger partial charge in [-0.2, -0.15) is 5.10 Å². The first-order valence-electron chi connectivity index (χ1n) is 6.19. The number of hydrogen-bond acceptors (Lipinski definition) is 2. The van der Waals surface area contributed by atoms with Crippen molar-refractivity contribution in [1.29, 1.82) is 0 Å². The highest BCUT2D eigenvalue weighted by atomic mass is 16.1. The molecule has 0 unspecified atom stereocenters. The topological polar surface area (TPSA) is 57.8 Å². The Hall–Kier alpha value is -2.54. The van der Waals surface area contributed by atoms with Crippen LogP contribution in [0.5, 0.6) is 0 Å². The van der Waals surface area contributed by atoms with Gasteiger partial charge in [-0.3, -0.25) is 9.89 Å². The van der Waals surface area contributed by atoms with E-state index in [9.17, 15) is 4.79 Å². The van der Waals surface area contributed by atoms with Crippen LogP contribution in [0.15, 0.2) is 30.3 Å². The van der Waals surface area contributed by atoms with Crippen LogP contribution in [0.4, 0.5) is 5.69 Å². The minimum atomic E-state index is -0.225. The number of rotatable bonds is 3. The number of anilines is 1. The molecule has 1 aromatic heterocycles. The molecule has 0 atom stereocenters. The van der Waals surface area contributed by atoms with Crippen LogP contribution in [0.1, 0.15) is 40.5 Å². The number of terminal acetylenes is 1. The average molecular weight is 251 g/mol. The highest BCUT2D eigenvalue weighted by Crippen LogP contribution is 2.39. The van der Waals surface area contributed by atoms with Gasteiger partial charge in [0.15, 0.2) is 5.69 Å². The first kappa shape index (κ1) is 11.5. The summed E-state index contributed by atoms with van der Waals surface area (Å²) in [5.74, 6) is 2.86. The number of nitrogens with zero attached hydrogens (tertiary/aromatic N) is 1. The van der Waals surface area contributed by atoms with E-state index in [0.717, 1.165) is 11.3 Å². The van der Waals surface area contributed by atoms with Crippen LogP contribution >= 0.6 is 0 Å². The summed E-state index contributed by atoms with van der Waals surface area (Å²) < 4.78 is 0. The Morgan fingerprint density at radius 1 is 1.42 bits per heavy atom. The van der Waals surface area contributed by atoms with E-state index < -0.39 is 0 Å². The van der Waals surface area contributed by atoms with Gasteiger partial charge < -0.3 is 5.32 Å². The third-order valence-corrected chi connectivity index (χ3v) is 3.13. The first-order valence-corrected chi connectivity index (χ1v) is 6.19. The van der Waals surface area contributed by atoms with E-state index in [1.54, 1.807) is 12.1 Å². The minimum absolute atomic E-state index is 0.225. The fourth-order valence-corrected chi connectivity index (χ4v) is 1.94. The third kappa shape index (κ3) is 2.50. The number of amides is 1. The Kier molecular flexibility index (Phi) is 2.81. The number of aromatic amines is 1. The molecule has 0 radical (unpaired) electrons. The van der Waals surface area contributed by atoms with Crippen molar-refractivity contribution in [3.8, 4) is 12.3 Å². The number of benzene rings is 1. The smallest absolute Gasteiger partial charge is 0.276 e. The Morgan fingerprint density at radius 3 is 3.00 bits per heavy atom. The zero-order valence-electron chi connectivity index (χ0n) is 10.3. The molecule has 1 heterocycles. The fourth-order valence-electron chi connectivity index (χ4n) is 1.94. The van der Waals surface area contributed by atoms with Crippen molar-refractivity contribution in [2.24, 2.45) is 0 Å². The van der Waals surface area contributed by atoms with Crippen LogP contribution in [0.3, 0.4) is 0 Å². The van der Waals surface area contributed by atoms with Crippen LogP contribution in [0, 0.1) is 12.3 Å². The van der Waals surface area contributed by atoms with Crippen LogP contribution in [-0.2, 0) is 0 Å². The molecule has 2 aromatic rings. The van der Waals surface area contributed by atoms with Crippen molar-refractivity contribution in [3.63, 3.8) is 0 Å². The second-order valence-corrected chi connectivity index (χ2v) is 4.66. The molecule has 0 aliphatic heterocycles. The molecule has 1 aromatic carbocycles. The molecule has 0 bridgehead atoms. The predicted molar refractivity (Wildman–Crippen MR) is 72.9 cm³/mol. The molecule has 1 amide bonds. The van der Waals surface area contributed by atoms with Gasteiger partial charge in [0.05, 0.1) is 0 Å². The highest BCUT2D eigenvalue weighted by Gasteiger charge is 2.26. The van der Waals surface area contributed by atoms with Gasteiger partial charge in [-0.25, -0.2) is 0 Å². The lowest BCUT2D eigenvalue weighted by Gasteiger charge is -2.03. The van der Waals surface area contributed by atoms with E-state index in [0.29, 0.717) is 17.3 Å². The van der Waals surface area contributed by atoms with Crippen molar-refractivity contribution < 1.29 is 4.79 Å². The van der Waals surface area contributed by atoms with Crippen molar-refractivity contribution >= 4 is 11.6 Å². The molecule has 0 spiro atoms. The number of carbonyl (C=O) groups excluding carboxylic acids is 1. The number of carbonyl (C=O) groups is 1. The van der Waals surface area contributed by atoms with Gasteiger partial charge in [0.25, 0.3) is 5.91 Å². The van der Waals surface area contributed by atoms with Crippen molar-refractivity contribution in [2.75, 3.05) is 5.32 Å². The van der Waals surface area contributed by atoms with Gasteiger partial charge in [0.1, 0.15) is 0 Å². The van der Waals surface area contributed by atoms with Gasteiger partial charge in [0, 0.05) is 22.9 Å². The van der Waals surface area contributed by atoms with Crippen LogP contribution in [-0.4, -0.2) is 16.1 Å². The first-order chi connectivity index (χ1) is 9.26. The maximum Gasteiger partial charge on any atom is 0.276 e. The highest BCUT2D eigenvalue weighted by molar-refractivity contribution is 6.03. The molecule has 2 N–H and O–H groups in total. The van der Waals surface area contributed by atoms with Crippen molar-refractivity contribution in [3.05, 3.63) is 47.3 Å². The molecule has 3 rings (SSSR count). The van der Waals surface area contributed by atoms with Gasteiger partial charge in [0.2, 0.25) is 0 Å². The third-order valence-electron chi connectivity index (χ3n) is 3.13. The monoisotopic (exact) mass is 251 g/mol. The summed E-state index contributed by atoms with van der Waals surface area (Å²) in [6.07, 6.45) is 7.67. The van der Waals surface area contributed by atoms with Gasteiger partial charge >= 0.3 is 0 Å². The van der Waals surface area contributed by atoms with Gasteiger partial charge in [-0.15, -0.1) is 6.42 Å². The largest absolute Gasteiger partial charge is 0.321 e. The summed E-state index contributed by atoms with van der Waals surface area (Å²) >= 11 is 0. The zero-order valence-corrected chi connectivity index (χ0v) is 10.3. The fraction of sp³-hybridized carbons (Fsp3) is 0.200. The quantitative estimate of drug-likeness (QED) is 0.823. The van der Waals surface area contributed by atoms with Crippen LogP contribution in [0.25, 0.3) is 0 Å². The van der Waals surface area contributed by atoms with E-state index in [1.165, 1.54) is 12.8 Å². The molecule has 0 saturated heterocycles. The van der Waals surface area contributed by atoms with Crippen molar-refractivity contribution in [2.45, 2.75) is 18.8 Å². The van der Waals surface area contributed by atoms with Crippen molar-refractivity contribution in [1.82, 2.24) is 10.2 Å². The summed E-state index contributed by atoms with van der Waals surface area (Å²) in [7, 11) is 0. The molecule has 1 saturated carbocycles. The number of aromatic nitrogens is 2. The van der Waals surface area contributed by atoms with E-state index in [2.05, 4.69) is 21.4 Å². The summed E-state index contributed by atoms with van der Waals surface area (Å²) in [4.78, 5) is 12.0. The second kappa shape index (κ2) is 4.62. The lowest BCUT2D eigenvalue weighted by Crippen LogP contribution is -2.12. The Morgan fingerprint density at radius 2 is 2.26 bits per heavy atom. The molecular weight excluding hydrogens is 238 g/mol. The SMILES string of the molecule is C#Cc1cccc(NC(=O)c2cc(C3CC3)[nH]n2)c1. The molecule has 1 aliphatic rings. The second-order valence-electron chi connectivity index (χ2n) is 4.66. The molecule has 94 valence electrons. The molecular formula is C15H13N3O. The maximum atomic E-state index is 12.0. The summed E-state index contributed by atoms with van der Waals surface area (Å²) in [5.41, 5.74) is 2.87. The lowest BCUT2D eigenvalue weighted by molar-refractivity contribution is 0.102. The van der Waals surface area contributed by atoms with E-state index in [-0.39, 0.29) is 5.91 Å². The Labute approximate surface area is 111 Å².